The summed E-state index contributed by atoms with van der Waals surface area (Å²) < 4.78 is 0. The normalized spacial score (nSPS) is 9.17. The predicted molar refractivity (Wildman–Crippen MR) is 76.8 cm³/mol. The Morgan fingerprint density at radius 2 is 1.39 bits per heavy atom. The third-order valence-electron chi connectivity index (χ3n) is 2.37. The van der Waals surface area contributed by atoms with Crippen molar-refractivity contribution in [3.05, 3.63) is 69.2 Å². The van der Waals surface area contributed by atoms with Gasteiger partial charge in [0.15, 0.2) is 0 Å². The molecule has 0 N–H and O–H groups in total. The van der Waals surface area contributed by atoms with Crippen molar-refractivity contribution in [3.63, 3.8) is 0 Å². The van der Waals surface area contributed by atoms with Crippen LogP contribution in [0.4, 0.5) is 0 Å². The summed E-state index contributed by atoms with van der Waals surface area (Å²) in [4.78, 5) is 0. The molecular weight excluding hydrogens is 263 g/mol. The summed E-state index contributed by atoms with van der Waals surface area (Å²) in [6.07, 6.45) is 5.41. The van der Waals surface area contributed by atoms with E-state index in [-0.39, 0.29) is 0 Å². The van der Waals surface area contributed by atoms with Crippen molar-refractivity contribution < 1.29 is 0 Å². The molecule has 0 heterocycles. The zero-order valence-electron chi connectivity index (χ0n) is 9.37. The van der Waals surface area contributed by atoms with Crippen LogP contribution in [0.5, 0.6) is 0 Å². The Morgan fingerprint density at radius 1 is 0.778 bits per heavy atom. The second-order valence-corrected chi connectivity index (χ2v) is 4.35. The molecule has 0 aliphatic carbocycles. The van der Waals surface area contributed by atoms with Crippen LogP contribution in [0.15, 0.2) is 42.5 Å². The van der Waals surface area contributed by atoms with Crippen molar-refractivity contribution in [2.75, 3.05) is 0 Å². The van der Waals surface area contributed by atoms with E-state index in [4.69, 9.17) is 29.6 Å². The van der Waals surface area contributed by atoms with Crippen molar-refractivity contribution in [2.45, 2.75) is 0 Å². The first kappa shape index (κ1) is 12.6. The van der Waals surface area contributed by atoms with E-state index in [0.29, 0.717) is 15.6 Å². The second-order valence-electron chi connectivity index (χ2n) is 3.54. The number of benzene rings is 2. The first-order valence-corrected chi connectivity index (χ1v) is 5.99. The molecular formula is C16H8Cl2. The van der Waals surface area contributed by atoms with Crippen LogP contribution in [-0.2, 0) is 0 Å². The lowest BCUT2D eigenvalue weighted by atomic mass is 10.1. The van der Waals surface area contributed by atoms with Gasteiger partial charge in [-0.05, 0) is 24.3 Å². The van der Waals surface area contributed by atoms with Gasteiger partial charge in [-0.2, -0.15) is 0 Å². The average molecular weight is 271 g/mol. The van der Waals surface area contributed by atoms with E-state index in [1.807, 2.05) is 24.3 Å². The maximum atomic E-state index is 6.04. The maximum Gasteiger partial charge on any atom is 0.0621 e. The zero-order valence-corrected chi connectivity index (χ0v) is 10.9. The summed E-state index contributed by atoms with van der Waals surface area (Å²) in [6, 6.07) is 12.8. The molecule has 2 heteroatoms. The second kappa shape index (κ2) is 5.65. The van der Waals surface area contributed by atoms with Gasteiger partial charge in [0.05, 0.1) is 15.6 Å². The monoisotopic (exact) mass is 270 g/mol. The molecule has 0 atom stereocenters. The quantitative estimate of drug-likeness (QED) is 0.624. The van der Waals surface area contributed by atoms with Crippen LogP contribution in [0.3, 0.4) is 0 Å². The molecule has 0 fully saturated rings. The smallest absolute Gasteiger partial charge is 0.0621 e. The topological polar surface area (TPSA) is 0 Å². The van der Waals surface area contributed by atoms with E-state index in [9.17, 15) is 0 Å². The van der Waals surface area contributed by atoms with Gasteiger partial charge in [0.1, 0.15) is 0 Å². The van der Waals surface area contributed by atoms with E-state index >= 15 is 0 Å². The van der Waals surface area contributed by atoms with Crippen LogP contribution < -0.4 is 0 Å². The van der Waals surface area contributed by atoms with Crippen molar-refractivity contribution in [1.82, 2.24) is 0 Å². The van der Waals surface area contributed by atoms with Gasteiger partial charge in [-0.1, -0.05) is 59.2 Å². The molecule has 0 nitrogen and oxygen atoms in total. The molecule has 0 aliphatic rings. The highest BCUT2D eigenvalue weighted by atomic mass is 35.5. The lowest BCUT2D eigenvalue weighted by Crippen LogP contribution is -1.83. The summed E-state index contributed by atoms with van der Waals surface area (Å²) >= 11 is 12.1. The molecule has 0 saturated carbocycles. The number of rotatable bonds is 0. The van der Waals surface area contributed by atoms with E-state index < -0.39 is 0 Å². The van der Waals surface area contributed by atoms with Gasteiger partial charge in [0.25, 0.3) is 0 Å². The fourth-order valence-corrected chi connectivity index (χ4v) is 1.96. The Hall–Kier alpha value is -1.86. The minimum Gasteiger partial charge on any atom is -0.115 e. The molecule has 0 bridgehead atoms. The van der Waals surface area contributed by atoms with E-state index in [1.165, 1.54) is 0 Å². The number of terminal acetylenes is 1. The van der Waals surface area contributed by atoms with Crippen LogP contribution in [0.1, 0.15) is 16.7 Å². The minimum absolute atomic E-state index is 0.535. The van der Waals surface area contributed by atoms with Gasteiger partial charge < -0.3 is 0 Å². The third-order valence-corrected chi connectivity index (χ3v) is 3.00. The Kier molecular flexibility index (Phi) is 3.96. The van der Waals surface area contributed by atoms with Crippen LogP contribution >= 0.6 is 23.2 Å². The van der Waals surface area contributed by atoms with Gasteiger partial charge in [-0.15, -0.1) is 6.42 Å². The lowest BCUT2D eigenvalue weighted by molar-refractivity contribution is 1.58. The van der Waals surface area contributed by atoms with Gasteiger partial charge in [-0.25, -0.2) is 0 Å². The van der Waals surface area contributed by atoms with Gasteiger partial charge in [-0.3, -0.25) is 0 Å². The van der Waals surface area contributed by atoms with Crippen molar-refractivity contribution in [2.24, 2.45) is 0 Å². The fourth-order valence-electron chi connectivity index (χ4n) is 1.47. The van der Waals surface area contributed by atoms with Gasteiger partial charge in [0, 0.05) is 11.1 Å². The molecule has 2 aromatic rings. The standard InChI is InChI=1S/C16H8Cl2/c1-2-12-6-3-4-7-13(12)10-11-14-15(17)8-5-9-16(14)18/h1,3-9H. The molecule has 18 heavy (non-hydrogen) atoms. The molecule has 0 spiro atoms. The SMILES string of the molecule is C#Cc1ccccc1C#Cc1c(Cl)cccc1Cl. The summed E-state index contributed by atoms with van der Waals surface area (Å²) in [5, 5.41) is 1.07. The molecule has 86 valence electrons. The highest BCUT2D eigenvalue weighted by Gasteiger charge is 2.01. The minimum atomic E-state index is 0.535. The van der Waals surface area contributed by atoms with E-state index in [1.54, 1.807) is 18.2 Å². The fraction of sp³-hybridized carbons (Fsp3) is 0. The molecule has 0 saturated heterocycles. The van der Waals surface area contributed by atoms with Crippen LogP contribution in [0.2, 0.25) is 10.0 Å². The Morgan fingerprint density at radius 3 is 2.00 bits per heavy atom. The molecule has 0 unspecified atom stereocenters. The first-order chi connectivity index (χ1) is 8.72. The molecule has 2 aromatic carbocycles. The number of halogens is 2. The van der Waals surface area contributed by atoms with Crippen LogP contribution in [0.25, 0.3) is 0 Å². The molecule has 0 aliphatic heterocycles. The average Bonchev–Trinajstić information content (AvgIpc) is 2.38. The van der Waals surface area contributed by atoms with Crippen LogP contribution in [-0.4, -0.2) is 0 Å². The third kappa shape index (κ3) is 2.69. The highest BCUT2D eigenvalue weighted by molar-refractivity contribution is 6.36. The van der Waals surface area contributed by atoms with E-state index in [0.717, 1.165) is 11.1 Å². The molecule has 0 amide bonds. The summed E-state index contributed by atoms with van der Waals surface area (Å²) in [5.41, 5.74) is 2.16. The maximum absolute atomic E-state index is 6.04. The molecule has 0 radical (unpaired) electrons. The lowest BCUT2D eigenvalue weighted by Gasteiger charge is -1.98. The molecule has 2 rings (SSSR count). The Bertz CT molecular complexity index is 662. The summed E-state index contributed by atoms with van der Waals surface area (Å²) in [6.45, 7) is 0. The first-order valence-electron chi connectivity index (χ1n) is 5.24. The Labute approximate surface area is 117 Å². The Balaban J connectivity index is 2.48. The van der Waals surface area contributed by atoms with Crippen LogP contribution in [0, 0.1) is 24.2 Å². The summed E-state index contributed by atoms with van der Waals surface area (Å²) in [7, 11) is 0. The number of hydrogen-bond acceptors (Lipinski definition) is 0. The zero-order chi connectivity index (χ0) is 13.0. The molecule has 0 aromatic heterocycles. The van der Waals surface area contributed by atoms with Gasteiger partial charge >= 0.3 is 0 Å². The van der Waals surface area contributed by atoms with Crippen molar-refractivity contribution in [3.8, 4) is 24.2 Å². The largest absolute Gasteiger partial charge is 0.115 e. The van der Waals surface area contributed by atoms with Gasteiger partial charge in [0.2, 0.25) is 0 Å². The predicted octanol–water partition coefficient (Wildman–Crippen LogP) is 4.37. The van der Waals surface area contributed by atoms with Crippen molar-refractivity contribution in [1.29, 1.82) is 0 Å². The number of hydrogen-bond donors (Lipinski definition) is 0. The summed E-state index contributed by atoms with van der Waals surface area (Å²) in [5.74, 6) is 8.56. The van der Waals surface area contributed by atoms with Crippen molar-refractivity contribution >= 4 is 23.2 Å². The van der Waals surface area contributed by atoms with E-state index in [2.05, 4.69) is 17.8 Å². The highest BCUT2D eigenvalue weighted by Crippen LogP contribution is 2.23.